The van der Waals surface area contributed by atoms with Gasteiger partial charge < -0.3 is 9.64 Å². The minimum Gasteiger partial charge on any atom is -0.497 e. The zero-order valence-electron chi connectivity index (χ0n) is 13.0. The molecule has 1 heterocycles. The van der Waals surface area contributed by atoms with Crippen LogP contribution in [0.3, 0.4) is 0 Å². The Morgan fingerprint density at radius 1 is 1.38 bits per heavy atom. The van der Waals surface area contributed by atoms with Crippen LogP contribution in [0.5, 0.6) is 5.75 Å². The fourth-order valence-electron chi connectivity index (χ4n) is 2.90. The summed E-state index contributed by atoms with van der Waals surface area (Å²) in [6.45, 7) is 1.88. The molecule has 0 radical (unpaired) electrons. The van der Waals surface area contributed by atoms with E-state index in [4.69, 9.17) is 4.74 Å². The molecular formula is C17H25NO2S. The number of amides is 1. The van der Waals surface area contributed by atoms with Crippen molar-refractivity contribution in [2.75, 3.05) is 32.2 Å². The largest absolute Gasteiger partial charge is 0.497 e. The molecule has 0 bridgehead atoms. The topological polar surface area (TPSA) is 29.5 Å². The Labute approximate surface area is 132 Å². The van der Waals surface area contributed by atoms with E-state index in [9.17, 15) is 4.79 Å². The summed E-state index contributed by atoms with van der Waals surface area (Å²) in [7, 11) is 1.69. The summed E-state index contributed by atoms with van der Waals surface area (Å²) in [5.41, 5.74) is 1.35. The van der Waals surface area contributed by atoms with Crippen LogP contribution in [0.1, 0.15) is 24.8 Å². The first kappa shape index (κ1) is 16.2. The van der Waals surface area contributed by atoms with E-state index >= 15 is 0 Å². The summed E-state index contributed by atoms with van der Waals surface area (Å²) >= 11 is 1.62. The van der Waals surface area contributed by atoms with Crippen LogP contribution < -0.4 is 4.74 Å². The first-order valence-corrected chi connectivity index (χ1v) is 9.02. The third-order valence-corrected chi connectivity index (χ3v) is 4.68. The predicted octanol–water partition coefficient (Wildman–Crippen LogP) is 3.23. The molecule has 1 aliphatic heterocycles. The van der Waals surface area contributed by atoms with Crippen molar-refractivity contribution in [3.8, 4) is 5.75 Å². The number of hydrogen-bond donors (Lipinski definition) is 0. The van der Waals surface area contributed by atoms with Crippen LogP contribution in [0.15, 0.2) is 24.3 Å². The number of benzene rings is 1. The SMILES string of the molecule is COc1ccc(CCC2CCCN(C(=O)CSC)C2)cc1. The molecule has 1 aromatic carbocycles. The number of ether oxygens (including phenoxy) is 1. The minimum atomic E-state index is 0.302. The fourth-order valence-corrected chi connectivity index (χ4v) is 3.33. The van der Waals surface area contributed by atoms with Gasteiger partial charge in [-0.15, -0.1) is 0 Å². The van der Waals surface area contributed by atoms with Crippen LogP contribution in [0.4, 0.5) is 0 Å². The monoisotopic (exact) mass is 307 g/mol. The van der Waals surface area contributed by atoms with Crippen molar-refractivity contribution in [3.05, 3.63) is 29.8 Å². The van der Waals surface area contributed by atoms with E-state index in [1.54, 1.807) is 18.9 Å². The van der Waals surface area contributed by atoms with Gasteiger partial charge in [-0.05, 0) is 55.6 Å². The molecule has 1 atom stereocenters. The number of methoxy groups -OCH3 is 1. The molecule has 116 valence electrons. The summed E-state index contributed by atoms with van der Waals surface area (Å²) in [4.78, 5) is 14.0. The van der Waals surface area contributed by atoms with Gasteiger partial charge in [0.2, 0.25) is 5.91 Å². The molecule has 1 saturated heterocycles. The van der Waals surface area contributed by atoms with Gasteiger partial charge in [0, 0.05) is 13.1 Å². The van der Waals surface area contributed by atoms with Crippen LogP contribution in [0.2, 0.25) is 0 Å². The summed E-state index contributed by atoms with van der Waals surface area (Å²) < 4.78 is 5.18. The van der Waals surface area contributed by atoms with Crippen molar-refractivity contribution in [2.24, 2.45) is 5.92 Å². The average molecular weight is 307 g/mol. The molecule has 4 heteroatoms. The highest BCUT2D eigenvalue weighted by molar-refractivity contribution is 7.99. The summed E-state index contributed by atoms with van der Waals surface area (Å²) in [6.07, 6.45) is 6.63. The third-order valence-electron chi connectivity index (χ3n) is 4.14. The molecule has 0 N–H and O–H groups in total. The maximum Gasteiger partial charge on any atom is 0.232 e. The van der Waals surface area contributed by atoms with Gasteiger partial charge in [0.05, 0.1) is 12.9 Å². The first-order chi connectivity index (χ1) is 10.2. The Bertz CT molecular complexity index is 447. The number of nitrogens with zero attached hydrogens (tertiary/aromatic N) is 1. The third kappa shape index (κ3) is 4.95. The molecule has 1 unspecified atom stereocenters. The standard InChI is InChI=1S/C17H25NO2S/c1-20-16-9-7-14(8-10-16)5-6-15-4-3-11-18(12-15)17(19)13-21-2/h7-10,15H,3-6,11-13H2,1-2H3. The van der Waals surface area contributed by atoms with Gasteiger partial charge >= 0.3 is 0 Å². The highest BCUT2D eigenvalue weighted by Crippen LogP contribution is 2.22. The van der Waals surface area contributed by atoms with Crippen molar-refractivity contribution in [1.82, 2.24) is 4.90 Å². The molecular weight excluding hydrogens is 282 g/mol. The van der Waals surface area contributed by atoms with Crippen molar-refractivity contribution in [3.63, 3.8) is 0 Å². The first-order valence-electron chi connectivity index (χ1n) is 7.62. The average Bonchev–Trinajstić information content (AvgIpc) is 2.54. The smallest absolute Gasteiger partial charge is 0.232 e. The normalized spacial score (nSPS) is 18.6. The lowest BCUT2D eigenvalue weighted by Crippen LogP contribution is -2.40. The number of aryl methyl sites for hydroxylation is 1. The molecule has 21 heavy (non-hydrogen) atoms. The quantitative estimate of drug-likeness (QED) is 0.808. The van der Waals surface area contributed by atoms with E-state index in [1.165, 1.54) is 12.0 Å². The Morgan fingerprint density at radius 2 is 2.14 bits per heavy atom. The minimum absolute atomic E-state index is 0.302. The van der Waals surface area contributed by atoms with Gasteiger partial charge in [-0.25, -0.2) is 0 Å². The molecule has 1 aromatic rings. The van der Waals surface area contributed by atoms with Gasteiger partial charge in [-0.3, -0.25) is 4.79 Å². The number of hydrogen-bond acceptors (Lipinski definition) is 3. The van der Waals surface area contributed by atoms with Gasteiger partial charge in [-0.2, -0.15) is 11.8 Å². The van der Waals surface area contributed by atoms with Crippen LogP contribution in [0.25, 0.3) is 0 Å². The summed E-state index contributed by atoms with van der Waals surface area (Å²) in [5, 5.41) is 0. The second-order valence-electron chi connectivity index (χ2n) is 5.67. The lowest BCUT2D eigenvalue weighted by atomic mass is 9.91. The molecule has 2 rings (SSSR count). The van der Waals surface area contributed by atoms with E-state index in [0.29, 0.717) is 17.6 Å². The van der Waals surface area contributed by atoms with Crippen LogP contribution in [-0.4, -0.2) is 43.0 Å². The molecule has 0 aromatic heterocycles. The Balaban J connectivity index is 1.80. The van der Waals surface area contributed by atoms with E-state index in [0.717, 1.165) is 38.1 Å². The van der Waals surface area contributed by atoms with Gasteiger partial charge in [0.25, 0.3) is 0 Å². The molecule has 0 saturated carbocycles. The highest BCUT2D eigenvalue weighted by atomic mass is 32.2. The van der Waals surface area contributed by atoms with Crippen LogP contribution >= 0.6 is 11.8 Å². The van der Waals surface area contributed by atoms with Gasteiger partial charge in [0.15, 0.2) is 0 Å². The summed E-state index contributed by atoms with van der Waals surface area (Å²) in [5.74, 6) is 2.47. The second kappa shape index (κ2) is 8.32. The highest BCUT2D eigenvalue weighted by Gasteiger charge is 2.22. The fraction of sp³-hybridized carbons (Fsp3) is 0.588. The van der Waals surface area contributed by atoms with Crippen molar-refractivity contribution < 1.29 is 9.53 Å². The Hall–Kier alpha value is -1.16. The molecule has 1 aliphatic rings. The van der Waals surface area contributed by atoms with Gasteiger partial charge in [-0.1, -0.05) is 12.1 Å². The van der Waals surface area contributed by atoms with Crippen molar-refractivity contribution in [2.45, 2.75) is 25.7 Å². The van der Waals surface area contributed by atoms with E-state index in [2.05, 4.69) is 17.0 Å². The Morgan fingerprint density at radius 3 is 2.81 bits per heavy atom. The predicted molar refractivity (Wildman–Crippen MR) is 89.0 cm³/mol. The van der Waals surface area contributed by atoms with E-state index in [-0.39, 0.29) is 0 Å². The maximum absolute atomic E-state index is 12.0. The zero-order valence-corrected chi connectivity index (χ0v) is 13.8. The number of thioether (sulfide) groups is 1. The van der Waals surface area contributed by atoms with Crippen LogP contribution in [0, 0.1) is 5.92 Å². The second-order valence-corrected chi connectivity index (χ2v) is 6.53. The number of carbonyl (C=O) groups is 1. The van der Waals surface area contributed by atoms with E-state index < -0.39 is 0 Å². The number of rotatable bonds is 6. The molecule has 1 amide bonds. The zero-order chi connectivity index (χ0) is 15.1. The molecule has 1 fully saturated rings. The van der Waals surface area contributed by atoms with Gasteiger partial charge in [0.1, 0.15) is 5.75 Å². The summed E-state index contributed by atoms with van der Waals surface area (Å²) in [6, 6.07) is 8.31. The molecule has 3 nitrogen and oxygen atoms in total. The van der Waals surface area contributed by atoms with E-state index in [1.807, 2.05) is 18.4 Å². The van der Waals surface area contributed by atoms with Crippen molar-refractivity contribution >= 4 is 17.7 Å². The number of likely N-dealkylation sites (tertiary alicyclic amines) is 1. The number of piperidine rings is 1. The number of carbonyl (C=O) groups excluding carboxylic acids is 1. The van der Waals surface area contributed by atoms with Crippen LogP contribution in [-0.2, 0) is 11.2 Å². The maximum atomic E-state index is 12.0. The molecule has 0 aliphatic carbocycles. The lowest BCUT2D eigenvalue weighted by Gasteiger charge is -2.32. The molecule has 0 spiro atoms. The van der Waals surface area contributed by atoms with Crippen molar-refractivity contribution in [1.29, 1.82) is 0 Å². The Kier molecular flexibility index (Phi) is 6.43. The lowest BCUT2D eigenvalue weighted by molar-refractivity contribution is -0.130.